The number of nitro groups is 1. The number of fused-ring (bicyclic) bond motifs is 1. The smallest absolute Gasteiger partial charge is 0.291 e. The lowest BCUT2D eigenvalue weighted by molar-refractivity contribution is -0.384. The van der Waals surface area contributed by atoms with Crippen molar-refractivity contribution in [2.75, 3.05) is 0 Å². The van der Waals surface area contributed by atoms with Crippen LogP contribution in [0.5, 0.6) is 0 Å². The van der Waals surface area contributed by atoms with E-state index in [9.17, 15) is 14.9 Å². The molecule has 2 aromatic carbocycles. The number of aryl methyl sites for hydroxylation is 1. The predicted octanol–water partition coefficient (Wildman–Crippen LogP) is 3.84. The molecular formula is C22H14N4O4S. The van der Waals surface area contributed by atoms with Gasteiger partial charge in [0.1, 0.15) is 16.1 Å². The number of nitrogens with zero attached hydrogens (tertiary/aromatic N) is 4. The summed E-state index contributed by atoms with van der Waals surface area (Å²) in [5.41, 5.74) is 1.94. The van der Waals surface area contributed by atoms with Crippen LogP contribution in [-0.2, 0) is 0 Å². The zero-order valence-electron chi connectivity index (χ0n) is 16.2. The molecule has 9 heteroatoms. The summed E-state index contributed by atoms with van der Waals surface area (Å²) in [6.45, 7) is 1.97. The van der Waals surface area contributed by atoms with Crippen molar-refractivity contribution in [3.05, 3.63) is 97.0 Å². The molecule has 3 heterocycles. The minimum Gasteiger partial charge on any atom is -0.456 e. The van der Waals surface area contributed by atoms with Gasteiger partial charge in [0.05, 0.1) is 10.5 Å². The molecule has 0 fully saturated rings. The van der Waals surface area contributed by atoms with Crippen LogP contribution in [0, 0.1) is 17.0 Å². The quantitative estimate of drug-likeness (QED) is 0.317. The van der Waals surface area contributed by atoms with E-state index in [0.717, 1.165) is 11.1 Å². The Labute approximate surface area is 178 Å². The maximum absolute atomic E-state index is 12.8. The molecule has 5 rings (SSSR count). The molecule has 152 valence electrons. The van der Waals surface area contributed by atoms with Crippen LogP contribution in [0.4, 0.5) is 5.69 Å². The first-order chi connectivity index (χ1) is 15.0. The fourth-order valence-corrected chi connectivity index (χ4v) is 4.21. The fourth-order valence-electron chi connectivity index (χ4n) is 3.32. The van der Waals surface area contributed by atoms with Gasteiger partial charge in [0, 0.05) is 17.7 Å². The molecule has 0 unspecified atom stereocenters. The third-order valence-corrected chi connectivity index (χ3v) is 5.79. The summed E-state index contributed by atoms with van der Waals surface area (Å²) in [4.78, 5) is 28.6. The van der Waals surface area contributed by atoms with E-state index in [-0.39, 0.29) is 11.2 Å². The molecule has 0 amide bonds. The van der Waals surface area contributed by atoms with E-state index in [2.05, 4.69) is 10.1 Å². The Morgan fingerprint density at radius 1 is 1.06 bits per heavy atom. The summed E-state index contributed by atoms with van der Waals surface area (Å²) in [6, 6.07) is 17.4. The predicted molar refractivity (Wildman–Crippen MR) is 117 cm³/mol. The number of rotatable bonds is 4. The monoisotopic (exact) mass is 430 g/mol. The second-order valence-corrected chi connectivity index (χ2v) is 7.85. The molecule has 0 radical (unpaired) electrons. The SMILES string of the molecule is Cc1ccccc1-c1nc2s/c(=C\c3ccc(-c4ccccc4[N+](=O)[O-])o3)c(=O)n2n1. The summed E-state index contributed by atoms with van der Waals surface area (Å²) in [5, 5.41) is 15.6. The maximum Gasteiger partial charge on any atom is 0.291 e. The molecule has 0 bridgehead atoms. The topological polar surface area (TPSA) is 104 Å². The third-order valence-electron chi connectivity index (χ3n) is 4.83. The van der Waals surface area contributed by atoms with E-state index >= 15 is 0 Å². The highest BCUT2D eigenvalue weighted by Crippen LogP contribution is 2.31. The van der Waals surface area contributed by atoms with Gasteiger partial charge < -0.3 is 4.42 Å². The molecule has 8 nitrogen and oxygen atoms in total. The lowest BCUT2D eigenvalue weighted by Crippen LogP contribution is -2.23. The highest BCUT2D eigenvalue weighted by atomic mass is 32.1. The van der Waals surface area contributed by atoms with Crippen LogP contribution in [0.1, 0.15) is 11.3 Å². The van der Waals surface area contributed by atoms with Gasteiger partial charge in [-0.25, -0.2) is 0 Å². The van der Waals surface area contributed by atoms with Crippen molar-refractivity contribution in [2.45, 2.75) is 6.92 Å². The Bertz CT molecular complexity index is 1560. The van der Waals surface area contributed by atoms with Crippen LogP contribution in [0.15, 0.2) is 69.9 Å². The van der Waals surface area contributed by atoms with Crippen molar-refractivity contribution in [2.24, 2.45) is 0 Å². The summed E-state index contributed by atoms with van der Waals surface area (Å²) in [7, 11) is 0. The Balaban J connectivity index is 1.54. The van der Waals surface area contributed by atoms with E-state index in [1.807, 2.05) is 31.2 Å². The summed E-state index contributed by atoms with van der Waals surface area (Å²) < 4.78 is 7.45. The largest absolute Gasteiger partial charge is 0.456 e. The van der Waals surface area contributed by atoms with E-state index in [1.165, 1.54) is 21.9 Å². The highest BCUT2D eigenvalue weighted by Gasteiger charge is 2.17. The number of aromatic nitrogens is 3. The molecule has 0 spiro atoms. The van der Waals surface area contributed by atoms with Crippen molar-refractivity contribution < 1.29 is 9.34 Å². The molecule has 3 aromatic heterocycles. The number of para-hydroxylation sites is 1. The van der Waals surface area contributed by atoms with Gasteiger partial charge in [-0.3, -0.25) is 14.9 Å². The third kappa shape index (κ3) is 3.30. The van der Waals surface area contributed by atoms with Gasteiger partial charge in [-0.15, -0.1) is 5.10 Å². The van der Waals surface area contributed by atoms with Crippen molar-refractivity contribution in [1.82, 2.24) is 14.6 Å². The van der Waals surface area contributed by atoms with Crippen LogP contribution in [-0.4, -0.2) is 19.5 Å². The number of nitro benzene ring substituents is 1. The summed E-state index contributed by atoms with van der Waals surface area (Å²) in [5.74, 6) is 1.27. The van der Waals surface area contributed by atoms with Crippen LogP contribution in [0.25, 0.3) is 33.7 Å². The zero-order chi connectivity index (χ0) is 21.5. The van der Waals surface area contributed by atoms with E-state index in [4.69, 9.17) is 4.42 Å². The number of benzene rings is 2. The van der Waals surface area contributed by atoms with Crippen LogP contribution >= 0.6 is 11.3 Å². The summed E-state index contributed by atoms with van der Waals surface area (Å²) in [6.07, 6.45) is 1.59. The van der Waals surface area contributed by atoms with Gasteiger partial charge in [-0.05, 0) is 30.7 Å². The minimum absolute atomic E-state index is 0.0459. The lowest BCUT2D eigenvalue weighted by atomic mass is 10.1. The summed E-state index contributed by atoms with van der Waals surface area (Å²) >= 11 is 1.21. The van der Waals surface area contributed by atoms with Gasteiger partial charge in [0.2, 0.25) is 4.96 Å². The fraction of sp³-hybridized carbons (Fsp3) is 0.0455. The molecule has 0 atom stereocenters. The first-order valence-corrected chi connectivity index (χ1v) is 10.1. The number of hydrogen-bond acceptors (Lipinski definition) is 7. The number of furan rings is 1. The first-order valence-electron chi connectivity index (χ1n) is 9.32. The van der Waals surface area contributed by atoms with Gasteiger partial charge in [-0.1, -0.05) is 47.7 Å². The first kappa shape index (κ1) is 18.9. The second-order valence-electron chi connectivity index (χ2n) is 6.84. The average Bonchev–Trinajstić information content (AvgIpc) is 3.46. The Hall–Kier alpha value is -4.11. The van der Waals surface area contributed by atoms with E-state index in [0.29, 0.717) is 32.4 Å². The molecule has 0 saturated heterocycles. The normalized spacial score (nSPS) is 12.0. The van der Waals surface area contributed by atoms with Crippen molar-refractivity contribution in [1.29, 1.82) is 0 Å². The molecule has 0 aliphatic carbocycles. The Morgan fingerprint density at radius 3 is 2.55 bits per heavy atom. The van der Waals surface area contributed by atoms with Gasteiger partial charge >= 0.3 is 0 Å². The van der Waals surface area contributed by atoms with Crippen LogP contribution < -0.4 is 10.1 Å². The van der Waals surface area contributed by atoms with Crippen molar-refractivity contribution in [3.8, 4) is 22.7 Å². The number of thiazole rings is 1. The molecule has 0 N–H and O–H groups in total. The van der Waals surface area contributed by atoms with Crippen LogP contribution in [0.3, 0.4) is 0 Å². The number of hydrogen-bond donors (Lipinski definition) is 0. The average molecular weight is 430 g/mol. The molecular weight excluding hydrogens is 416 g/mol. The van der Waals surface area contributed by atoms with Crippen molar-refractivity contribution >= 4 is 28.1 Å². The van der Waals surface area contributed by atoms with Gasteiger partial charge in [0.25, 0.3) is 11.2 Å². The molecule has 5 aromatic rings. The van der Waals surface area contributed by atoms with Gasteiger partial charge in [-0.2, -0.15) is 9.50 Å². The molecule has 0 saturated carbocycles. The zero-order valence-corrected chi connectivity index (χ0v) is 17.0. The molecule has 31 heavy (non-hydrogen) atoms. The minimum atomic E-state index is -0.455. The second kappa shape index (κ2) is 7.29. The molecule has 0 aliphatic heterocycles. The maximum atomic E-state index is 12.8. The van der Waals surface area contributed by atoms with Gasteiger partial charge in [0.15, 0.2) is 5.82 Å². The lowest BCUT2D eigenvalue weighted by Gasteiger charge is -1.98. The van der Waals surface area contributed by atoms with E-state index < -0.39 is 4.92 Å². The van der Waals surface area contributed by atoms with E-state index in [1.54, 1.807) is 36.4 Å². The highest BCUT2D eigenvalue weighted by molar-refractivity contribution is 7.15. The molecule has 0 aliphatic rings. The Kier molecular flexibility index (Phi) is 4.45. The van der Waals surface area contributed by atoms with Crippen LogP contribution in [0.2, 0.25) is 0 Å². The van der Waals surface area contributed by atoms with Crippen molar-refractivity contribution in [3.63, 3.8) is 0 Å². The Morgan fingerprint density at radius 2 is 1.81 bits per heavy atom. The standard InChI is InChI=1S/C22H14N4O4S/c1-13-6-2-3-7-15(13)20-23-22-25(24-20)21(27)19(31-22)12-14-10-11-18(30-14)16-8-4-5-9-17(16)26(28)29/h2-12H,1H3/b19-12-.